The minimum atomic E-state index is -1.49. The van der Waals surface area contributed by atoms with E-state index in [9.17, 15) is 28.7 Å². The van der Waals surface area contributed by atoms with Gasteiger partial charge in [-0.15, -0.1) is 0 Å². The number of fused-ring (bicyclic) bond motifs is 1. The van der Waals surface area contributed by atoms with E-state index in [1.165, 1.54) is 30.3 Å². The first-order valence-corrected chi connectivity index (χ1v) is 13.1. The van der Waals surface area contributed by atoms with Crippen LogP contribution in [0.2, 0.25) is 10.0 Å². The van der Waals surface area contributed by atoms with Crippen LogP contribution in [0.15, 0.2) is 60.7 Å². The number of aryl methyl sites for hydroxylation is 1. The molecule has 2 atom stereocenters. The van der Waals surface area contributed by atoms with E-state index in [4.69, 9.17) is 23.2 Å². The van der Waals surface area contributed by atoms with Gasteiger partial charge in [0.25, 0.3) is 11.8 Å². The van der Waals surface area contributed by atoms with Gasteiger partial charge in [-0.3, -0.25) is 9.59 Å². The van der Waals surface area contributed by atoms with Gasteiger partial charge in [-0.2, -0.15) is 0 Å². The highest BCUT2D eigenvalue weighted by Gasteiger charge is 2.27. The van der Waals surface area contributed by atoms with Crippen molar-refractivity contribution in [2.75, 3.05) is 6.54 Å². The predicted octanol–water partition coefficient (Wildman–Crippen LogP) is 4.23. The minimum Gasteiger partial charge on any atom is -0.480 e. The normalized spacial score (nSPS) is 14.5. The molecule has 0 saturated carbocycles. The lowest BCUT2D eigenvalue weighted by Crippen LogP contribution is -2.50. The molecule has 1 aliphatic carbocycles. The third-order valence-corrected chi connectivity index (χ3v) is 6.98. The zero-order chi connectivity index (χ0) is 28.8. The summed E-state index contributed by atoms with van der Waals surface area (Å²) < 4.78 is 13.4. The predicted molar refractivity (Wildman–Crippen MR) is 147 cm³/mol. The topological polar surface area (TPSA) is 137 Å². The van der Waals surface area contributed by atoms with E-state index in [-0.39, 0.29) is 33.8 Å². The van der Waals surface area contributed by atoms with Gasteiger partial charge >= 0.3 is 12.0 Å². The smallest absolute Gasteiger partial charge is 0.328 e. The molecule has 4 rings (SSSR count). The van der Waals surface area contributed by atoms with Crippen molar-refractivity contribution in [2.45, 2.75) is 31.5 Å². The SMILES string of the molecule is O=C(NCC(NC(=O)c1c(Cl)cc(C(=O)NCc2cccc(F)c2)cc1Cl)C(=O)O)N[C@@H]1CCc2ccccc21. The molecule has 12 heteroatoms. The largest absolute Gasteiger partial charge is 0.480 e. The molecule has 208 valence electrons. The fourth-order valence-electron chi connectivity index (χ4n) is 4.39. The lowest BCUT2D eigenvalue weighted by molar-refractivity contribution is -0.139. The van der Waals surface area contributed by atoms with Gasteiger partial charge in [0.2, 0.25) is 0 Å². The number of carboxylic acids is 1. The molecule has 0 bridgehead atoms. The van der Waals surface area contributed by atoms with Crippen molar-refractivity contribution >= 4 is 47.0 Å². The van der Waals surface area contributed by atoms with Crippen LogP contribution in [-0.2, 0) is 17.8 Å². The van der Waals surface area contributed by atoms with E-state index in [0.29, 0.717) is 5.56 Å². The van der Waals surface area contributed by atoms with Crippen molar-refractivity contribution < 1.29 is 28.7 Å². The molecular weight excluding hydrogens is 562 g/mol. The molecule has 0 heterocycles. The molecule has 1 unspecified atom stereocenters. The highest BCUT2D eigenvalue weighted by Crippen LogP contribution is 2.30. The molecule has 0 radical (unpaired) electrons. The molecule has 1 aliphatic rings. The first-order valence-electron chi connectivity index (χ1n) is 12.3. The van der Waals surface area contributed by atoms with Gasteiger partial charge in [-0.05, 0) is 53.8 Å². The summed E-state index contributed by atoms with van der Waals surface area (Å²) in [5.74, 6) is -3.30. The van der Waals surface area contributed by atoms with E-state index in [1.54, 1.807) is 6.07 Å². The molecule has 0 fully saturated rings. The van der Waals surface area contributed by atoms with Crippen LogP contribution in [0.1, 0.15) is 49.9 Å². The summed E-state index contributed by atoms with van der Waals surface area (Å²) >= 11 is 12.5. The molecule has 0 aliphatic heterocycles. The molecule has 40 heavy (non-hydrogen) atoms. The number of carboxylic acid groups (broad SMARTS) is 1. The first-order chi connectivity index (χ1) is 19.1. The molecule has 0 aromatic heterocycles. The second-order valence-electron chi connectivity index (χ2n) is 9.14. The van der Waals surface area contributed by atoms with E-state index in [2.05, 4.69) is 21.3 Å². The zero-order valence-corrected chi connectivity index (χ0v) is 22.5. The number of hydrogen-bond acceptors (Lipinski definition) is 4. The molecular formula is C28H25Cl2FN4O5. The number of hydrogen-bond donors (Lipinski definition) is 5. The van der Waals surface area contributed by atoms with Gasteiger partial charge in [-0.1, -0.05) is 59.6 Å². The number of halogens is 3. The summed E-state index contributed by atoms with van der Waals surface area (Å²) in [5.41, 5.74) is 2.51. The van der Waals surface area contributed by atoms with E-state index in [1.807, 2.05) is 24.3 Å². The minimum absolute atomic E-state index is 0.0438. The number of carbonyl (C=O) groups excluding carboxylic acids is 3. The van der Waals surface area contributed by atoms with Crippen molar-refractivity contribution in [1.29, 1.82) is 0 Å². The second-order valence-corrected chi connectivity index (χ2v) is 9.95. The number of nitrogens with one attached hydrogen (secondary N) is 4. The molecule has 0 saturated heterocycles. The van der Waals surface area contributed by atoms with Gasteiger partial charge in [-0.25, -0.2) is 14.0 Å². The molecule has 5 N–H and O–H groups in total. The number of amides is 4. The van der Waals surface area contributed by atoms with Crippen LogP contribution in [0.5, 0.6) is 0 Å². The van der Waals surface area contributed by atoms with Crippen molar-refractivity contribution in [3.63, 3.8) is 0 Å². The summed E-state index contributed by atoms with van der Waals surface area (Å²) in [5, 5.41) is 19.4. The Morgan fingerprint density at radius 3 is 2.38 bits per heavy atom. The zero-order valence-electron chi connectivity index (χ0n) is 21.0. The van der Waals surface area contributed by atoms with Crippen LogP contribution >= 0.6 is 23.2 Å². The van der Waals surface area contributed by atoms with Crippen LogP contribution in [0.25, 0.3) is 0 Å². The molecule has 3 aromatic carbocycles. The number of rotatable bonds is 9. The third-order valence-electron chi connectivity index (χ3n) is 6.38. The highest BCUT2D eigenvalue weighted by atomic mass is 35.5. The number of urea groups is 1. The lowest BCUT2D eigenvalue weighted by Gasteiger charge is -2.19. The summed E-state index contributed by atoms with van der Waals surface area (Å²) in [4.78, 5) is 49.6. The third kappa shape index (κ3) is 7.08. The number of benzene rings is 3. The van der Waals surface area contributed by atoms with Crippen molar-refractivity contribution in [1.82, 2.24) is 21.3 Å². The summed E-state index contributed by atoms with van der Waals surface area (Å²) in [6.45, 7) is -0.362. The fourth-order valence-corrected chi connectivity index (χ4v) is 5.05. The first kappa shape index (κ1) is 28.8. The average molecular weight is 587 g/mol. The molecule has 3 aromatic rings. The Bertz CT molecular complexity index is 1450. The van der Waals surface area contributed by atoms with Gasteiger partial charge in [0.05, 0.1) is 28.2 Å². The van der Waals surface area contributed by atoms with Crippen LogP contribution < -0.4 is 21.3 Å². The Hall–Kier alpha value is -4.15. The Morgan fingerprint density at radius 1 is 0.950 bits per heavy atom. The standard InChI is InChI=1S/C28H25Cl2FN4O5/c29-20-11-17(25(36)32-13-15-4-3-6-18(31)10-15)12-21(30)24(20)26(37)34-23(27(38)39)14-33-28(40)35-22-9-8-16-5-1-2-7-19(16)22/h1-7,10-12,22-23H,8-9,13-14H2,(H,32,36)(H,34,37)(H,38,39)(H2,33,35,40)/t22-,23?/m1/s1. The van der Waals surface area contributed by atoms with Crippen LogP contribution in [0.3, 0.4) is 0 Å². The quantitative estimate of drug-likeness (QED) is 0.255. The summed E-state index contributed by atoms with van der Waals surface area (Å²) in [7, 11) is 0. The van der Waals surface area contributed by atoms with Crippen molar-refractivity contribution in [3.05, 3.63) is 104 Å². The summed E-state index contributed by atoms with van der Waals surface area (Å²) in [6.07, 6.45) is 1.55. The van der Waals surface area contributed by atoms with Crippen molar-refractivity contribution in [3.8, 4) is 0 Å². The Labute approximate surface area is 239 Å². The van der Waals surface area contributed by atoms with E-state index in [0.717, 1.165) is 24.0 Å². The highest BCUT2D eigenvalue weighted by molar-refractivity contribution is 6.40. The lowest BCUT2D eigenvalue weighted by atomic mass is 10.1. The van der Waals surface area contributed by atoms with Gasteiger partial charge in [0.1, 0.15) is 11.9 Å². The van der Waals surface area contributed by atoms with Crippen LogP contribution in [-0.4, -0.2) is 41.5 Å². The maximum absolute atomic E-state index is 13.4. The molecule has 9 nitrogen and oxygen atoms in total. The number of carbonyl (C=O) groups is 4. The van der Waals surface area contributed by atoms with Crippen LogP contribution in [0, 0.1) is 5.82 Å². The maximum atomic E-state index is 13.4. The van der Waals surface area contributed by atoms with Gasteiger partial charge in [0.15, 0.2) is 0 Å². The Kier molecular flexibility index (Phi) is 9.23. The summed E-state index contributed by atoms with van der Waals surface area (Å²) in [6, 6.07) is 13.6. The average Bonchev–Trinajstić information content (AvgIpc) is 3.31. The Balaban J connectivity index is 1.35. The Morgan fingerprint density at radius 2 is 1.68 bits per heavy atom. The molecule has 0 spiro atoms. The fraction of sp³-hybridized carbons (Fsp3) is 0.214. The maximum Gasteiger partial charge on any atom is 0.328 e. The van der Waals surface area contributed by atoms with Crippen LogP contribution in [0.4, 0.5) is 9.18 Å². The number of aliphatic carboxylic acids is 1. The van der Waals surface area contributed by atoms with Gasteiger partial charge in [0, 0.05) is 12.1 Å². The van der Waals surface area contributed by atoms with Crippen molar-refractivity contribution in [2.24, 2.45) is 0 Å². The second kappa shape index (κ2) is 12.8. The van der Waals surface area contributed by atoms with Gasteiger partial charge < -0.3 is 26.4 Å². The van der Waals surface area contributed by atoms with E-state index >= 15 is 0 Å². The molecule has 4 amide bonds. The van der Waals surface area contributed by atoms with E-state index < -0.39 is 42.2 Å². The monoisotopic (exact) mass is 586 g/mol.